The van der Waals surface area contributed by atoms with E-state index in [4.69, 9.17) is 0 Å². The van der Waals surface area contributed by atoms with Crippen molar-refractivity contribution in [3.8, 4) is 0 Å². The molecule has 1 amide bonds. The van der Waals surface area contributed by atoms with Crippen LogP contribution >= 0.6 is 0 Å². The lowest BCUT2D eigenvalue weighted by Gasteiger charge is -2.14. The normalized spacial score (nSPS) is 14.3. The first-order valence-electron chi connectivity index (χ1n) is 8.16. The molecule has 0 atom stereocenters. The zero-order chi connectivity index (χ0) is 19.1. The van der Waals surface area contributed by atoms with Crippen molar-refractivity contribution >= 4 is 5.91 Å². The van der Waals surface area contributed by atoms with E-state index in [0.29, 0.717) is 11.1 Å². The number of hydrogen-bond acceptors (Lipinski definition) is 3. The largest absolute Gasteiger partial charge is 0.421 e. The van der Waals surface area contributed by atoms with Crippen LogP contribution in [-0.4, -0.2) is 34.7 Å². The molecule has 138 valence electrons. The van der Waals surface area contributed by atoms with Gasteiger partial charge in [0.15, 0.2) is 0 Å². The molecule has 2 aromatic rings. The fourth-order valence-corrected chi connectivity index (χ4v) is 2.69. The lowest BCUT2D eigenvalue weighted by atomic mass is 10.1. The molecule has 0 saturated heterocycles. The van der Waals surface area contributed by atoms with E-state index in [1.54, 1.807) is 38.4 Å². The Balaban J connectivity index is 2.00. The number of amides is 1. The highest BCUT2D eigenvalue weighted by molar-refractivity contribution is 5.94. The molecule has 0 N–H and O–H groups in total. The standard InChI is InChI=1S/C18H18F3N3O2/c1-23(2)16(25)13-5-3-4-11(8-13)10-24-17(26)14(18(19,20)21)9-15(22-24)12-6-7-12/h3-5,8-9,12H,6-7,10H2,1-2H3. The molecule has 1 aromatic carbocycles. The summed E-state index contributed by atoms with van der Waals surface area (Å²) in [7, 11) is 3.21. The summed E-state index contributed by atoms with van der Waals surface area (Å²) in [5.41, 5.74) is -1.15. The summed E-state index contributed by atoms with van der Waals surface area (Å²) in [6.45, 7) is -0.128. The van der Waals surface area contributed by atoms with E-state index in [2.05, 4.69) is 5.10 Å². The minimum Gasteiger partial charge on any atom is -0.345 e. The van der Waals surface area contributed by atoms with Gasteiger partial charge in [0.1, 0.15) is 5.56 Å². The first-order chi connectivity index (χ1) is 12.2. The molecular formula is C18H18F3N3O2. The second kappa shape index (κ2) is 6.59. The van der Waals surface area contributed by atoms with Crippen LogP contribution in [0.5, 0.6) is 0 Å². The van der Waals surface area contributed by atoms with Crippen LogP contribution in [-0.2, 0) is 12.7 Å². The van der Waals surface area contributed by atoms with Gasteiger partial charge in [0.2, 0.25) is 0 Å². The highest BCUT2D eigenvalue weighted by Gasteiger charge is 2.37. The van der Waals surface area contributed by atoms with Crippen molar-refractivity contribution < 1.29 is 18.0 Å². The average molecular weight is 365 g/mol. The molecule has 1 heterocycles. The number of alkyl halides is 3. The minimum atomic E-state index is -4.73. The SMILES string of the molecule is CN(C)C(=O)c1cccc(Cn2nc(C3CC3)cc(C(F)(F)F)c2=O)c1. The van der Waals surface area contributed by atoms with Gasteiger partial charge in [-0.1, -0.05) is 12.1 Å². The zero-order valence-corrected chi connectivity index (χ0v) is 14.4. The molecule has 0 spiro atoms. The molecule has 3 rings (SSSR count). The second-order valence-corrected chi connectivity index (χ2v) is 6.62. The zero-order valence-electron chi connectivity index (χ0n) is 14.4. The maximum atomic E-state index is 13.2. The Morgan fingerprint density at radius 3 is 2.54 bits per heavy atom. The molecule has 1 saturated carbocycles. The first-order valence-corrected chi connectivity index (χ1v) is 8.16. The molecule has 1 aliphatic rings. The molecule has 0 radical (unpaired) electrons. The van der Waals surface area contributed by atoms with Gasteiger partial charge in [-0.05, 0) is 36.6 Å². The minimum absolute atomic E-state index is 0.0235. The Kier molecular flexibility index (Phi) is 4.60. The lowest BCUT2D eigenvalue weighted by molar-refractivity contribution is -0.139. The predicted molar refractivity (Wildman–Crippen MR) is 89.0 cm³/mol. The van der Waals surface area contributed by atoms with Crippen LogP contribution in [0.3, 0.4) is 0 Å². The maximum absolute atomic E-state index is 13.2. The van der Waals surface area contributed by atoms with Crippen LogP contribution in [0.15, 0.2) is 35.1 Å². The quantitative estimate of drug-likeness (QED) is 0.837. The van der Waals surface area contributed by atoms with Gasteiger partial charge < -0.3 is 4.90 Å². The van der Waals surface area contributed by atoms with Crippen molar-refractivity contribution in [2.45, 2.75) is 31.5 Å². The molecule has 1 fully saturated rings. The number of halogens is 3. The summed E-state index contributed by atoms with van der Waals surface area (Å²) >= 11 is 0. The second-order valence-electron chi connectivity index (χ2n) is 6.62. The molecule has 1 aromatic heterocycles. The van der Waals surface area contributed by atoms with E-state index >= 15 is 0 Å². The van der Waals surface area contributed by atoms with Gasteiger partial charge in [-0.3, -0.25) is 9.59 Å². The highest BCUT2D eigenvalue weighted by Crippen LogP contribution is 2.40. The van der Waals surface area contributed by atoms with Crippen LogP contribution in [0.1, 0.15) is 45.9 Å². The van der Waals surface area contributed by atoms with Gasteiger partial charge >= 0.3 is 6.18 Å². The molecule has 8 heteroatoms. The third kappa shape index (κ3) is 3.79. The monoisotopic (exact) mass is 365 g/mol. The van der Waals surface area contributed by atoms with E-state index < -0.39 is 17.3 Å². The van der Waals surface area contributed by atoms with Crippen molar-refractivity contribution in [2.75, 3.05) is 14.1 Å². The van der Waals surface area contributed by atoms with Crippen molar-refractivity contribution in [3.05, 3.63) is 63.1 Å². The van der Waals surface area contributed by atoms with E-state index in [9.17, 15) is 22.8 Å². The van der Waals surface area contributed by atoms with Crippen molar-refractivity contribution in [1.82, 2.24) is 14.7 Å². The summed E-state index contributed by atoms with van der Waals surface area (Å²) in [6, 6.07) is 7.32. The van der Waals surface area contributed by atoms with E-state index in [1.165, 1.54) is 4.90 Å². The van der Waals surface area contributed by atoms with Crippen LogP contribution in [0.4, 0.5) is 13.2 Å². The fourth-order valence-electron chi connectivity index (χ4n) is 2.69. The summed E-state index contributed by atoms with van der Waals surface area (Å²) < 4.78 is 40.4. The van der Waals surface area contributed by atoms with Gasteiger partial charge in [-0.2, -0.15) is 18.3 Å². The lowest BCUT2D eigenvalue weighted by Crippen LogP contribution is -2.32. The number of nitrogens with zero attached hydrogens (tertiary/aromatic N) is 3. The number of aromatic nitrogens is 2. The first kappa shape index (κ1) is 18.2. The van der Waals surface area contributed by atoms with Gasteiger partial charge in [-0.15, -0.1) is 0 Å². The number of benzene rings is 1. The van der Waals surface area contributed by atoms with E-state index in [-0.39, 0.29) is 24.1 Å². The number of carbonyl (C=O) groups is 1. The molecule has 0 bridgehead atoms. The average Bonchev–Trinajstić information content (AvgIpc) is 3.40. The predicted octanol–water partition coefficient (Wildman–Crippen LogP) is 2.89. The molecule has 26 heavy (non-hydrogen) atoms. The summed E-state index contributed by atoms with van der Waals surface area (Å²) in [5.74, 6) is -0.250. The Labute approximate surface area is 148 Å². The van der Waals surface area contributed by atoms with Crippen LogP contribution in [0, 0.1) is 0 Å². The van der Waals surface area contributed by atoms with E-state index in [1.807, 2.05) is 0 Å². The highest BCUT2D eigenvalue weighted by atomic mass is 19.4. The summed E-state index contributed by atoms with van der Waals surface area (Å²) in [6.07, 6.45) is -3.18. The van der Waals surface area contributed by atoms with Crippen molar-refractivity contribution in [2.24, 2.45) is 0 Å². The van der Waals surface area contributed by atoms with Gasteiger partial charge in [0.25, 0.3) is 11.5 Å². The summed E-state index contributed by atoms with van der Waals surface area (Å²) in [5, 5.41) is 4.12. The number of rotatable bonds is 4. The van der Waals surface area contributed by atoms with Crippen molar-refractivity contribution in [1.29, 1.82) is 0 Å². The fraction of sp³-hybridized carbons (Fsp3) is 0.389. The van der Waals surface area contributed by atoms with E-state index in [0.717, 1.165) is 23.6 Å². The molecule has 0 aliphatic heterocycles. The number of hydrogen-bond donors (Lipinski definition) is 0. The number of carbonyl (C=O) groups excluding carboxylic acids is 1. The Morgan fingerprint density at radius 2 is 1.96 bits per heavy atom. The van der Waals surface area contributed by atoms with Gasteiger partial charge in [0.05, 0.1) is 12.2 Å². The Morgan fingerprint density at radius 1 is 1.27 bits per heavy atom. The van der Waals surface area contributed by atoms with Crippen LogP contribution < -0.4 is 5.56 Å². The molecular weight excluding hydrogens is 347 g/mol. The Hall–Kier alpha value is -2.64. The Bertz CT molecular complexity index is 899. The third-order valence-corrected chi connectivity index (χ3v) is 4.21. The van der Waals surface area contributed by atoms with Gasteiger partial charge in [-0.25, -0.2) is 4.68 Å². The maximum Gasteiger partial charge on any atom is 0.421 e. The topological polar surface area (TPSA) is 55.2 Å². The third-order valence-electron chi connectivity index (χ3n) is 4.21. The van der Waals surface area contributed by atoms with Crippen LogP contribution in [0.25, 0.3) is 0 Å². The smallest absolute Gasteiger partial charge is 0.345 e. The van der Waals surface area contributed by atoms with Crippen LogP contribution in [0.2, 0.25) is 0 Å². The molecule has 5 nitrogen and oxygen atoms in total. The van der Waals surface area contributed by atoms with Crippen molar-refractivity contribution in [3.63, 3.8) is 0 Å². The molecule has 1 aliphatic carbocycles. The molecule has 0 unspecified atom stereocenters. The summed E-state index contributed by atoms with van der Waals surface area (Å²) in [4.78, 5) is 25.7. The van der Waals surface area contributed by atoms with Gasteiger partial charge in [0, 0.05) is 25.6 Å².